The van der Waals surface area contributed by atoms with E-state index in [1.807, 2.05) is 36.6 Å². The van der Waals surface area contributed by atoms with Crippen LogP contribution in [0.3, 0.4) is 0 Å². The van der Waals surface area contributed by atoms with Crippen molar-refractivity contribution >= 4 is 17.7 Å². The van der Waals surface area contributed by atoms with Gasteiger partial charge in [-0.2, -0.15) is 0 Å². The molecule has 1 aromatic heterocycles. The summed E-state index contributed by atoms with van der Waals surface area (Å²) in [5.41, 5.74) is 4.43. The largest absolute Gasteiger partial charge is 0.345 e. The molecule has 1 unspecified atom stereocenters. The summed E-state index contributed by atoms with van der Waals surface area (Å²) in [7, 11) is 0. The van der Waals surface area contributed by atoms with Crippen LogP contribution in [-0.2, 0) is 29.7 Å². The van der Waals surface area contributed by atoms with Crippen LogP contribution in [0.15, 0.2) is 36.9 Å². The molecule has 4 rings (SSSR count). The zero-order valence-electron chi connectivity index (χ0n) is 17.7. The van der Waals surface area contributed by atoms with Gasteiger partial charge in [0.2, 0.25) is 0 Å². The van der Waals surface area contributed by atoms with Gasteiger partial charge in [0.1, 0.15) is 5.54 Å². The van der Waals surface area contributed by atoms with Crippen molar-refractivity contribution < 1.29 is 14.4 Å². The Bertz CT molecular complexity index is 1080. The highest BCUT2D eigenvalue weighted by molar-refractivity contribution is 6.11. The predicted molar refractivity (Wildman–Crippen MR) is 114 cm³/mol. The van der Waals surface area contributed by atoms with Crippen molar-refractivity contribution in [1.82, 2.24) is 14.8 Å². The molecule has 1 aliphatic heterocycles. The summed E-state index contributed by atoms with van der Waals surface area (Å²) in [6.07, 6.45) is 4.93. The van der Waals surface area contributed by atoms with Gasteiger partial charge in [0.05, 0.1) is 6.54 Å². The Balaban J connectivity index is 1.58. The van der Waals surface area contributed by atoms with Gasteiger partial charge in [-0.05, 0) is 62.8 Å². The monoisotopic (exact) mass is 405 g/mol. The molecule has 156 valence electrons. The molecule has 6 nitrogen and oxygen atoms in total. The Morgan fingerprint density at radius 1 is 1.20 bits per heavy atom. The first-order chi connectivity index (χ1) is 14.3. The number of aryl methyl sites for hydroxylation is 3. The van der Waals surface area contributed by atoms with Crippen molar-refractivity contribution in [2.75, 3.05) is 6.54 Å². The Labute approximate surface area is 176 Å². The first-order valence-electron chi connectivity index (χ1n) is 10.3. The van der Waals surface area contributed by atoms with Crippen LogP contribution in [0.1, 0.15) is 51.8 Å². The third kappa shape index (κ3) is 3.07. The summed E-state index contributed by atoms with van der Waals surface area (Å²) >= 11 is 0. The number of nitrogens with one attached hydrogen (secondary N) is 1. The lowest BCUT2D eigenvalue weighted by Crippen LogP contribution is -2.41. The number of carbonyl (C=O) groups is 3. The molecular formula is C24H27N3O3. The lowest BCUT2D eigenvalue weighted by atomic mass is 9.89. The number of rotatable bonds is 6. The van der Waals surface area contributed by atoms with E-state index in [4.69, 9.17) is 0 Å². The number of hydrogen-bond acceptors (Lipinski definition) is 3. The molecule has 0 saturated carbocycles. The number of urea groups is 1. The molecular weight excluding hydrogens is 378 g/mol. The van der Waals surface area contributed by atoms with Crippen LogP contribution in [-0.4, -0.2) is 33.7 Å². The summed E-state index contributed by atoms with van der Waals surface area (Å²) in [5, 5.41) is 2.81. The van der Waals surface area contributed by atoms with Gasteiger partial charge < -0.3 is 9.88 Å². The maximum atomic E-state index is 13.2. The zero-order valence-corrected chi connectivity index (χ0v) is 17.7. The van der Waals surface area contributed by atoms with Crippen molar-refractivity contribution in [3.8, 4) is 0 Å². The van der Waals surface area contributed by atoms with Gasteiger partial charge >= 0.3 is 6.03 Å². The SMILES string of the molecule is C=CCn1c(C)cc(C(=O)CN2C(=O)NC(C)(c3ccc4c(c3)CCC4)C2=O)c1C. The van der Waals surface area contributed by atoms with E-state index < -0.39 is 17.5 Å². The minimum absolute atomic E-state index is 0.250. The maximum Gasteiger partial charge on any atom is 0.325 e. The molecule has 2 heterocycles. The Hall–Kier alpha value is -3.15. The Morgan fingerprint density at radius 3 is 2.67 bits per heavy atom. The van der Waals surface area contributed by atoms with Gasteiger partial charge in [0.25, 0.3) is 5.91 Å². The van der Waals surface area contributed by atoms with E-state index in [0.29, 0.717) is 12.1 Å². The number of benzene rings is 1. The van der Waals surface area contributed by atoms with E-state index in [1.165, 1.54) is 11.1 Å². The fraction of sp³-hybridized carbons (Fsp3) is 0.375. The maximum absolute atomic E-state index is 13.2. The summed E-state index contributed by atoms with van der Waals surface area (Å²) in [6.45, 7) is 9.58. The molecule has 30 heavy (non-hydrogen) atoms. The van der Waals surface area contributed by atoms with E-state index in [9.17, 15) is 14.4 Å². The van der Waals surface area contributed by atoms with Crippen molar-refractivity contribution in [1.29, 1.82) is 0 Å². The van der Waals surface area contributed by atoms with E-state index in [-0.39, 0.29) is 12.3 Å². The van der Waals surface area contributed by atoms with E-state index in [1.54, 1.807) is 19.1 Å². The quantitative estimate of drug-likeness (QED) is 0.455. The van der Waals surface area contributed by atoms with Crippen LogP contribution >= 0.6 is 0 Å². The van der Waals surface area contributed by atoms with Crippen LogP contribution < -0.4 is 5.32 Å². The van der Waals surface area contributed by atoms with E-state index in [2.05, 4.69) is 11.9 Å². The number of ketones is 1. The fourth-order valence-corrected chi connectivity index (χ4v) is 4.64. The normalized spacial score (nSPS) is 20.4. The van der Waals surface area contributed by atoms with Crippen molar-refractivity contribution in [2.45, 2.75) is 52.1 Å². The van der Waals surface area contributed by atoms with Crippen molar-refractivity contribution in [3.63, 3.8) is 0 Å². The van der Waals surface area contributed by atoms with Crippen LogP contribution in [0.4, 0.5) is 4.79 Å². The van der Waals surface area contributed by atoms with Gasteiger partial charge in [-0.15, -0.1) is 6.58 Å². The predicted octanol–water partition coefficient (Wildman–Crippen LogP) is 3.43. The number of aromatic nitrogens is 1. The second kappa shape index (κ2) is 7.27. The molecule has 6 heteroatoms. The van der Waals surface area contributed by atoms with Crippen LogP contribution in [0.5, 0.6) is 0 Å². The number of hydrogen-bond donors (Lipinski definition) is 1. The topological polar surface area (TPSA) is 71.4 Å². The first-order valence-corrected chi connectivity index (χ1v) is 10.3. The van der Waals surface area contributed by atoms with Crippen LogP contribution in [0.25, 0.3) is 0 Å². The first kappa shape index (κ1) is 20.1. The number of allylic oxidation sites excluding steroid dienone is 1. The average Bonchev–Trinajstić information content (AvgIpc) is 3.35. The van der Waals surface area contributed by atoms with Crippen molar-refractivity contribution in [3.05, 3.63) is 70.6 Å². The molecule has 1 N–H and O–H groups in total. The van der Waals surface area contributed by atoms with Gasteiger partial charge in [0, 0.05) is 23.5 Å². The highest BCUT2D eigenvalue weighted by Gasteiger charge is 2.49. The van der Waals surface area contributed by atoms with Crippen LogP contribution in [0.2, 0.25) is 0 Å². The summed E-state index contributed by atoms with van der Waals surface area (Å²) in [4.78, 5) is 39.9. The van der Waals surface area contributed by atoms with Crippen LogP contribution in [0, 0.1) is 13.8 Å². The molecule has 2 aromatic rings. The molecule has 0 bridgehead atoms. The summed E-state index contributed by atoms with van der Waals surface area (Å²) in [6, 6.07) is 7.26. The lowest BCUT2D eigenvalue weighted by Gasteiger charge is -2.23. The number of nitrogens with zero attached hydrogens (tertiary/aromatic N) is 2. The molecule has 1 atom stereocenters. The fourth-order valence-electron chi connectivity index (χ4n) is 4.64. The molecule has 1 aliphatic carbocycles. The van der Waals surface area contributed by atoms with Gasteiger partial charge in [-0.3, -0.25) is 14.5 Å². The molecule has 2 aliphatic rings. The van der Waals surface area contributed by atoms with Gasteiger partial charge in [-0.25, -0.2) is 4.79 Å². The number of amides is 3. The van der Waals surface area contributed by atoms with Gasteiger partial charge in [0.15, 0.2) is 5.78 Å². The molecule has 1 saturated heterocycles. The molecule has 0 spiro atoms. The van der Waals surface area contributed by atoms with Crippen molar-refractivity contribution in [2.24, 2.45) is 0 Å². The minimum atomic E-state index is -1.16. The van der Waals surface area contributed by atoms with Gasteiger partial charge in [-0.1, -0.05) is 24.3 Å². The zero-order chi connectivity index (χ0) is 21.6. The Morgan fingerprint density at radius 2 is 1.93 bits per heavy atom. The minimum Gasteiger partial charge on any atom is -0.345 e. The summed E-state index contributed by atoms with van der Waals surface area (Å²) < 4.78 is 1.99. The number of imide groups is 1. The standard InChI is InChI=1S/C24H27N3O3/c1-5-11-26-15(2)12-20(16(26)3)21(28)14-27-22(29)24(4,25-23(27)30)19-10-9-17-7-6-8-18(17)13-19/h5,9-10,12-13H,1,6-8,11,14H2,2-4H3,(H,25,30). The second-order valence-electron chi connectivity index (χ2n) is 8.39. The molecule has 0 radical (unpaired) electrons. The van der Waals surface area contributed by atoms with E-state index >= 15 is 0 Å². The lowest BCUT2D eigenvalue weighted by molar-refractivity contribution is -0.130. The molecule has 3 amide bonds. The smallest absolute Gasteiger partial charge is 0.325 e. The Kier molecular flexibility index (Phi) is 4.88. The molecule has 1 fully saturated rings. The number of carbonyl (C=O) groups excluding carboxylic acids is 3. The molecule has 1 aromatic carbocycles. The van der Waals surface area contributed by atoms with E-state index in [0.717, 1.165) is 41.1 Å². The highest BCUT2D eigenvalue weighted by atomic mass is 16.2. The number of fused-ring (bicyclic) bond motifs is 1. The highest BCUT2D eigenvalue weighted by Crippen LogP contribution is 2.32. The average molecular weight is 405 g/mol. The second-order valence-corrected chi connectivity index (χ2v) is 8.39. The summed E-state index contributed by atoms with van der Waals surface area (Å²) in [5.74, 6) is -0.640. The number of Topliss-reactive ketones (excluding diaryl/α,β-unsaturated/α-hetero) is 1. The third-order valence-electron chi connectivity index (χ3n) is 6.44. The third-order valence-corrected chi connectivity index (χ3v) is 6.44.